The molecule has 3 saturated heterocycles. The van der Waals surface area contributed by atoms with Gasteiger partial charge >= 0.3 is 6.09 Å². The summed E-state index contributed by atoms with van der Waals surface area (Å²) in [6.45, 7) is 10.0. The lowest BCUT2D eigenvalue weighted by atomic mass is 9.79. The molecule has 40 heavy (non-hydrogen) atoms. The van der Waals surface area contributed by atoms with Crippen molar-refractivity contribution in [2.75, 3.05) is 55.7 Å². The SMILES string of the molecule is CC(C)(C)OC(=O)N1CC2(CCN(c3ccc(N4CCc5cc(OCC6CCCO6)ccc5C4=O)cc3F)C2)C1. The summed E-state index contributed by atoms with van der Waals surface area (Å²) in [5.74, 6) is 0.278. The number of ether oxygens (including phenoxy) is 3. The largest absolute Gasteiger partial charge is 0.491 e. The van der Waals surface area contributed by atoms with Crippen LogP contribution >= 0.6 is 0 Å². The first-order valence-corrected chi connectivity index (χ1v) is 14.3. The van der Waals surface area contributed by atoms with Crippen LogP contribution in [0, 0.1) is 11.2 Å². The van der Waals surface area contributed by atoms with Gasteiger partial charge in [0, 0.05) is 56.0 Å². The molecule has 4 aliphatic rings. The molecule has 8 nitrogen and oxygen atoms in total. The molecule has 2 aromatic rings. The Kier molecular flexibility index (Phi) is 6.89. The number of carbonyl (C=O) groups is 2. The second-order valence-corrected chi connectivity index (χ2v) is 12.6. The lowest BCUT2D eigenvalue weighted by Gasteiger charge is -2.47. The lowest BCUT2D eigenvalue weighted by molar-refractivity contribution is -0.0266. The highest BCUT2D eigenvalue weighted by molar-refractivity contribution is 6.08. The monoisotopic (exact) mass is 551 g/mol. The first-order valence-electron chi connectivity index (χ1n) is 14.3. The third-order valence-electron chi connectivity index (χ3n) is 8.34. The number of amides is 2. The van der Waals surface area contributed by atoms with E-state index >= 15 is 4.39 Å². The number of rotatable bonds is 5. The maximum Gasteiger partial charge on any atom is 0.410 e. The summed E-state index contributed by atoms with van der Waals surface area (Å²) in [5.41, 5.74) is 2.12. The van der Waals surface area contributed by atoms with Gasteiger partial charge in [-0.15, -0.1) is 0 Å². The summed E-state index contributed by atoms with van der Waals surface area (Å²) < 4.78 is 32.4. The molecule has 3 fully saturated rings. The predicted molar refractivity (Wildman–Crippen MR) is 150 cm³/mol. The fraction of sp³-hybridized carbons (Fsp3) is 0.548. The van der Waals surface area contributed by atoms with Crippen molar-refractivity contribution in [1.82, 2.24) is 4.90 Å². The minimum atomic E-state index is -0.522. The van der Waals surface area contributed by atoms with Crippen LogP contribution in [0.5, 0.6) is 5.75 Å². The molecule has 1 unspecified atom stereocenters. The van der Waals surface area contributed by atoms with Crippen molar-refractivity contribution in [3.8, 4) is 5.75 Å². The van der Waals surface area contributed by atoms with Crippen LogP contribution in [-0.4, -0.2) is 74.5 Å². The van der Waals surface area contributed by atoms with Crippen molar-refractivity contribution in [1.29, 1.82) is 0 Å². The van der Waals surface area contributed by atoms with Crippen LogP contribution in [0.25, 0.3) is 0 Å². The highest BCUT2D eigenvalue weighted by Crippen LogP contribution is 2.42. The molecule has 4 aliphatic heterocycles. The first-order chi connectivity index (χ1) is 19.1. The first kappa shape index (κ1) is 26.9. The topological polar surface area (TPSA) is 71.6 Å². The molecule has 2 aromatic carbocycles. The van der Waals surface area contributed by atoms with E-state index in [4.69, 9.17) is 14.2 Å². The van der Waals surface area contributed by atoms with Gasteiger partial charge in [0.1, 0.15) is 23.8 Å². The minimum absolute atomic E-state index is 0.0265. The normalized spacial score (nSPS) is 21.9. The van der Waals surface area contributed by atoms with E-state index in [9.17, 15) is 9.59 Å². The van der Waals surface area contributed by atoms with E-state index in [1.54, 1.807) is 15.9 Å². The molecule has 4 heterocycles. The predicted octanol–water partition coefficient (Wildman–Crippen LogP) is 5.03. The zero-order chi connectivity index (χ0) is 28.1. The van der Waals surface area contributed by atoms with Crippen molar-refractivity contribution >= 4 is 23.4 Å². The highest BCUT2D eigenvalue weighted by Gasteiger charge is 2.50. The molecule has 0 aromatic heterocycles. The molecule has 9 heteroatoms. The zero-order valence-corrected chi connectivity index (χ0v) is 23.6. The quantitative estimate of drug-likeness (QED) is 0.519. The van der Waals surface area contributed by atoms with Crippen LogP contribution in [0.2, 0.25) is 0 Å². The van der Waals surface area contributed by atoms with Crippen molar-refractivity contribution in [2.24, 2.45) is 5.41 Å². The molecule has 6 rings (SSSR count). The van der Waals surface area contributed by atoms with Crippen LogP contribution < -0.4 is 14.5 Å². The van der Waals surface area contributed by atoms with Gasteiger partial charge in [0.05, 0.1) is 11.8 Å². The second-order valence-electron chi connectivity index (χ2n) is 12.6. The molecule has 214 valence electrons. The van der Waals surface area contributed by atoms with Crippen molar-refractivity contribution in [2.45, 2.75) is 58.2 Å². The van der Waals surface area contributed by atoms with Gasteiger partial charge < -0.3 is 28.9 Å². The lowest BCUT2D eigenvalue weighted by Crippen LogP contribution is -2.60. The summed E-state index contributed by atoms with van der Waals surface area (Å²) in [7, 11) is 0. The number of hydrogen-bond donors (Lipinski definition) is 0. The van der Waals surface area contributed by atoms with Crippen molar-refractivity contribution in [3.05, 3.63) is 53.3 Å². The Morgan fingerprint density at radius 1 is 1.12 bits per heavy atom. The Bertz CT molecular complexity index is 1300. The summed E-state index contributed by atoms with van der Waals surface area (Å²) in [5, 5.41) is 0. The Morgan fingerprint density at radius 3 is 2.67 bits per heavy atom. The maximum atomic E-state index is 15.4. The summed E-state index contributed by atoms with van der Waals surface area (Å²) in [6, 6.07) is 10.7. The molecule has 0 bridgehead atoms. The van der Waals surface area contributed by atoms with E-state index in [2.05, 4.69) is 4.90 Å². The van der Waals surface area contributed by atoms with E-state index in [0.717, 1.165) is 43.7 Å². The molecular weight excluding hydrogens is 513 g/mol. The van der Waals surface area contributed by atoms with Crippen molar-refractivity contribution in [3.63, 3.8) is 0 Å². The number of hydrogen-bond acceptors (Lipinski definition) is 6. The second kappa shape index (κ2) is 10.3. The van der Waals surface area contributed by atoms with Crippen LogP contribution in [0.4, 0.5) is 20.6 Å². The molecular formula is C31H38FN3O5. The Balaban J connectivity index is 1.08. The van der Waals surface area contributed by atoms with Crippen LogP contribution in [0.15, 0.2) is 36.4 Å². The van der Waals surface area contributed by atoms with Crippen molar-refractivity contribution < 1.29 is 28.2 Å². The van der Waals surface area contributed by atoms with Gasteiger partial charge in [-0.1, -0.05) is 0 Å². The minimum Gasteiger partial charge on any atom is -0.491 e. The molecule has 0 saturated carbocycles. The third kappa shape index (κ3) is 5.36. The Morgan fingerprint density at radius 2 is 1.95 bits per heavy atom. The van der Waals surface area contributed by atoms with Gasteiger partial charge in [-0.2, -0.15) is 0 Å². The Labute approximate surface area is 235 Å². The van der Waals surface area contributed by atoms with Gasteiger partial charge in [0.2, 0.25) is 0 Å². The summed E-state index contributed by atoms with van der Waals surface area (Å²) in [6.07, 6.45) is 3.50. The molecule has 2 amide bonds. The highest BCUT2D eigenvalue weighted by atomic mass is 19.1. The number of fused-ring (bicyclic) bond motifs is 1. The molecule has 0 N–H and O–H groups in total. The van der Waals surface area contributed by atoms with Crippen LogP contribution in [-0.2, 0) is 15.9 Å². The Hall–Kier alpha value is -3.33. The molecule has 0 radical (unpaired) electrons. The van der Waals surface area contributed by atoms with Gasteiger partial charge in [0.15, 0.2) is 0 Å². The van der Waals surface area contributed by atoms with Gasteiger partial charge in [-0.25, -0.2) is 9.18 Å². The van der Waals surface area contributed by atoms with E-state index < -0.39 is 5.60 Å². The van der Waals surface area contributed by atoms with E-state index in [-0.39, 0.29) is 29.3 Å². The van der Waals surface area contributed by atoms with Gasteiger partial charge in [0.25, 0.3) is 5.91 Å². The standard InChI is InChI=1S/C31H38FN3O5/c1-30(2,3)40-29(37)34-19-31(20-34)11-13-33(18-31)27-9-6-22(16-26(27)32)35-12-10-21-15-23(7-8-25(21)28(35)36)39-17-24-5-4-14-38-24/h6-9,15-16,24H,4-5,10-14,17-20H2,1-3H3. The molecule has 1 atom stereocenters. The smallest absolute Gasteiger partial charge is 0.410 e. The number of carbonyl (C=O) groups excluding carboxylic acids is 2. The zero-order valence-electron chi connectivity index (χ0n) is 23.6. The van der Waals surface area contributed by atoms with Gasteiger partial charge in [-0.05, 0) is 88.4 Å². The number of anilines is 2. The van der Waals surface area contributed by atoms with E-state index in [1.807, 2.05) is 45.0 Å². The van der Waals surface area contributed by atoms with Crippen LogP contribution in [0.3, 0.4) is 0 Å². The third-order valence-corrected chi connectivity index (χ3v) is 8.34. The number of benzene rings is 2. The fourth-order valence-electron chi connectivity index (χ4n) is 6.30. The number of halogens is 1. The summed E-state index contributed by atoms with van der Waals surface area (Å²) >= 11 is 0. The van der Waals surface area contributed by atoms with E-state index in [0.29, 0.717) is 56.1 Å². The average molecular weight is 552 g/mol. The molecule has 1 spiro atoms. The van der Waals surface area contributed by atoms with E-state index in [1.165, 1.54) is 6.07 Å². The summed E-state index contributed by atoms with van der Waals surface area (Å²) in [4.78, 5) is 31.1. The maximum absolute atomic E-state index is 15.4. The number of likely N-dealkylation sites (tertiary alicyclic amines) is 1. The number of nitrogens with zero attached hydrogens (tertiary/aromatic N) is 3. The van der Waals surface area contributed by atoms with Gasteiger partial charge in [-0.3, -0.25) is 4.79 Å². The fourth-order valence-corrected chi connectivity index (χ4v) is 6.30. The molecule has 0 aliphatic carbocycles. The van der Waals surface area contributed by atoms with Crippen LogP contribution in [0.1, 0.15) is 56.0 Å². The average Bonchev–Trinajstić information content (AvgIpc) is 3.56.